The summed E-state index contributed by atoms with van der Waals surface area (Å²) in [7, 11) is 4.61. The van der Waals surface area contributed by atoms with Gasteiger partial charge in [0.1, 0.15) is 17.9 Å². The summed E-state index contributed by atoms with van der Waals surface area (Å²) in [6.07, 6.45) is 2.91. The van der Waals surface area contributed by atoms with Crippen LogP contribution < -0.4 is 19.8 Å². The molecule has 150 valence electrons. The van der Waals surface area contributed by atoms with Crippen molar-refractivity contribution in [2.75, 3.05) is 21.3 Å². The molecular formula is C22H20O7. The number of methoxy groups -OCH3 is 3. The Balaban J connectivity index is 1.72. The lowest BCUT2D eigenvalue weighted by Gasteiger charge is -2.08. The van der Waals surface area contributed by atoms with Crippen LogP contribution in [0.4, 0.5) is 0 Å². The van der Waals surface area contributed by atoms with Crippen LogP contribution >= 0.6 is 0 Å². The summed E-state index contributed by atoms with van der Waals surface area (Å²) in [6, 6.07) is 11.7. The molecule has 0 bridgehead atoms. The maximum absolute atomic E-state index is 12.1. The fourth-order valence-electron chi connectivity index (χ4n) is 2.77. The molecule has 0 aliphatic heterocycles. The van der Waals surface area contributed by atoms with Gasteiger partial charge in [-0.25, -0.2) is 9.59 Å². The smallest absolute Gasteiger partial charge is 0.336 e. The molecule has 2 aromatic carbocycles. The molecule has 3 rings (SSSR count). The van der Waals surface area contributed by atoms with Crippen LogP contribution in [0.25, 0.3) is 17.0 Å². The van der Waals surface area contributed by atoms with Crippen molar-refractivity contribution in [3.8, 4) is 17.2 Å². The second-order valence-electron chi connectivity index (χ2n) is 6.01. The quantitative estimate of drug-likeness (QED) is 0.343. The molecule has 1 heterocycles. The van der Waals surface area contributed by atoms with Gasteiger partial charge in [-0.15, -0.1) is 0 Å². The van der Waals surface area contributed by atoms with E-state index in [0.29, 0.717) is 33.8 Å². The molecule has 0 saturated carbocycles. The largest absolute Gasteiger partial charge is 0.497 e. The van der Waals surface area contributed by atoms with Gasteiger partial charge in [0.15, 0.2) is 11.5 Å². The molecule has 0 aliphatic carbocycles. The monoisotopic (exact) mass is 396 g/mol. The number of carbonyl (C=O) groups is 1. The summed E-state index contributed by atoms with van der Waals surface area (Å²) in [5.41, 5.74) is 1.13. The highest BCUT2D eigenvalue weighted by molar-refractivity contribution is 5.87. The zero-order valence-corrected chi connectivity index (χ0v) is 16.3. The van der Waals surface area contributed by atoms with Crippen molar-refractivity contribution in [1.82, 2.24) is 0 Å². The van der Waals surface area contributed by atoms with Crippen LogP contribution in [0, 0.1) is 0 Å². The second-order valence-corrected chi connectivity index (χ2v) is 6.01. The zero-order valence-electron chi connectivity index (χ0n) is 16.3. The summed E-state index contributed by atoms with van der Waals surface area (Å²) < 4.78 is 26.0. The van der Waals surface area contributed by atoms with Crippen LogP contribution in [0.5, 0.6) is 17.2 Å². The molecule has 7 nitrogen and oxygen atoms in total. The third-order valence-corrected chi connectivity index (χ3v) is 4.23. The molecule has 29 heavy (non-hydrogen) atoms. The van der Waals surface area contributed by atoms with Gasteiger partial charge < -0.3 is 23.4 Å². The maximum Gasteiger partial charge on any atom is 0.336 e. The van der Waals surface area contributed by atoms with E-state index in [2.05, 4.69) is 0 Å². The van der Waals surface area contributed by atoms with Crippen LogP contribution in [0.1, 0.15) is 11.1 Å². The SMILES string of the molecule is COc1ccc2c(COC(=O)C=Cc3ccc(OC)c(OC)c3)cc(=O)oc2c1. The minimum absolute atomic E-state index is 0.0659. The number of esters is 1. The first-order chi connectivity index (χ1) is 14.0. The Labute approximate surface area is 167 Å². The topological polar surface area (TPSA) is 84.2 Å². The summed E-state index contributed by atoms with van der Waals surface area (Å²) in [6.45, 7) is -0.0659. The number of fused-ring (bicyclic) bond motifs is 1. The molecule has 1 aromatic heterocycles. The van der Waals surface area contributed by atoms with Gasteiger partial charge >= 0.3 is 11.6 Å². The molecule has 3 aromatic rings. The first kappa shape index (κ1) is 20.0. The van der Waals surface area contributed by atoms with Gasteiger partial charge in [0, 0.05) is 29.2 Å². The van der Waals surface area contributed by atoms with Crippen molar-refractivity contribution >= 4 is 23.0 Å². The first-order valence-electron chi connectivity index (χ1n) is 8.71. The first-order valence-corrected chi connectivity index (χ1v) is 8.71. The number of hydrogen-bond donors (Lipinski definition) is 0. The van der Waals surface area contributed by atoms with Gasteiger partial charge in [-0.3, -0.25) is 0 Å². The van der Waals surface area contributed by atoms with E-state index in [9.17, 15) is 9.59 Å². The standard InChI is InChI=1S/C22H20O7/c1-25-16-6-7-17-15(11-22(24)29-19(17)12-16)13-28-21(23)9-5-14-4-8-18(26-2)20(10-14)27-3/h4-12H,13H2,1-3H3. The third kappa shape index (κ3) is 4.76. The van der Waals surface area contributed by atoms with Crippen LogP contribution in [-0.2, 0) is 16.1 Å². The number of ether oxygens (including phenoxy) is 4. The summed E-state index contributed by atoms with van der Waals surface area (Å²) >= 11 is 0. The average molecular weight is 396 g/mol. The van der Waals surface area contributed by atoms with Crippen molar-refractivity contribution in [1.29, 1.82) is 0 Å². The summed E-state index contributed by atoms with van der Waals surface area (Å²) in [4.78, 5) is 23.9. The number of carbonyl (C=O) groups excluding carboxylic acids is 1. The molecule has 0 aliphatic rings. The minimum Gasteiger partial charge on any atom is -0.497 e. The molecule has 0 spiro atoms. The zero-order chi connectivity index (χ0) is 20.8. The molecule has 0 N–H and O–H groups in total. The summed E-state index contributed by atoms with van der Waals surface area (Å²) in [5, 5.41) is 0.669. The Bertz CT molecular complexity index is 1110. The van der Waals surface area contributed by atoms with Gasteiger partial charge in [0.2, 0.25) is 0 Å². The lowest BCUT2D eigenvalue weighted by molar-refractivity contribution is -0.138. The van der Waals surface area contributed by atoms with Gasteiger partial charge in [-0.1, -0.05) is 6.07 Å². The van der Waals surface area contributed by atoms with Crippen molar-refractivity contribution in [2.24, 2.45) is 0 Å². The van der Waals surface area contributed by atoms with Crippen LogP contribution in [-0.4, -0.2) is 27.3 Å². The van der Waals surface area contributed by atoms with E-state index in [1.54, 1.807) is 49.6 Å². The number of benzene rings is 2. The predicted molar refractivity (Wildman–Crippen MR) is 107 cm³/mol. The maximum atomic E-state index is 12.1. The second kappa shape index (κ2) is 8.97. The predicted octanol–water partition coefficient (Wildman–Crippen LogP) is 3.58. The number of hydrogen-bond acceptors (Lipinski definition) is 7. The third-order valence-electron chi connectivity index (χ3n) is 4.23. The van der Waals surface area contributed by atoms with Gasteiger partial charge in [0.25, 0.3) is 0 Å². The normalized spacial score (nSPS) is 10.9. The van der Waals surface area contributed by atoms with E-state index in [0.717, 1.165) is 5.56 Å². The van der Waals surface area contributed by atoms with E-state index in [4.69, 9.17) is 23.4 Å². The van der Waals surface area contributed by atoms with E-state index < -0.39 is 11.6 Å². The molecular weight excluding hydrogens is 376 g/mol. The van der Waals surface area contributed by atoms with Crippen LogP contribution in [0.15, 0.2) is 57.8 Å². The van der Waals surface area contributed by atoms with Crippen molar-refractivity contribution in [3.63, 3.8) is 0 Å². The van der Waals surface area contributed by atoms with E-state index >= 15 is 0 Å². The minimum atomic E-state index is -0.547. The van der Waals surface area contributed by atoms with E-state index in [1.165, 1.54) is 26.4 Å². The van der Waals surface area contributed by atoms with Crippen LogP contribution in [0.3, 0.4) is 0 Å². The molecule has 0 atom stereocenters. The van der Waals surface area contributed by atoms with Gasteiger partial charge in [-0.05, 0) is 35.9 Å². The Morgan fingerprint density at radius 1 is 0.966 bits per heavy atom. The van der Waals surface area contributed by atoms with Crippen molar-refractivity contribution < 1.29 is 28.2 Å². The van der Waals surface area contributed by atoms with Gasteiger partial charge in [0.05, 0.1) is 21.3 Å². The molecule has 0 fully saturated rings. The molecule has 0 unspecified atom stereocenters. The van der Waals surface area contributed by atoms with E-state index in [1.807, 2.05) is 0 Å². The average Bonchev–Trinajstić information content (AvgIpc) is 2.74. The van der Waals surface area contributed by atoms with Crippen LogP contribution in [0.2, 0.25) is 0 Å². The molecule has 0 saturated heterocycles. The molecule has 0 amide bonds. The van der Waals surface area contributed by atoms with E-state index in [-0.39, 0.29) is 6.61 Å². The fraction of sp³-hybridized carbons (Fsp3) is 0.182. The highest BCUT2D eigenvalue weighted by Gasteiger charge is 2.09. The highest BCUT2D eigenvalue weighted by atomic mass is 16.5. The Morgan fingerprint density at radius 2 is 1.76 bits per heavy atom. The van der Waals surface area contributed by atoms with Crippen molar-refractivity contribution in [2.45, 2.75) is 6.61 Å². The lowest BCUT2D eigenvalue weighted by Crippen LogP contribution is -2.05. The Kier molecular flexibility index (Phi) is 6.19. The van der Waals surface area contributed by atoms with Gasteiger partial charge in [-0.2, -0.15) is 0 Å². The highest BCUT2D eigenvalue weighted by Crippen LogP contribution is 2.28. The Morgan fingerprint density at radius 3 is 2.48 bits per heavy atom. The Hall–Kier alpha value is -3.74. The number of rotatable bonds is 7. The molecule has 7 heteroatoms. The lowest BCUT2D eigenvalue weighted by atomic mass is 10.1. The summed E-state index contributed by atoms with van der Waals surface area (Å²) in [5.74, 6) is 1.17. The van der Waals surface area contributed by atoms with Crippen molar-refractivity contribution in [3.05, 3.63) is 70.1 Å². The fourth-order valence-corrected chi connectivity index (χ4v) is 2.77. The molecule has 0 radical (unpaired) electrons.